The summed E-state index contributed by atoms with van der Waals surface area (Å²) in [5.74, 6) is -5.38. The van der Waals surface area contributed by atoms with E-state index in [1.54, 1.807) is 13.8 Å². The molecule has 38 heavy (non-hydrogen) atoms. The molecule has 4 atom stereocenters. The highest BCUT2D eigenvalue weighted by molar-refractivity contribution is 5.94. The fourth-order valence-electron chi connectivity index (χ4n) is 3.35. The average molecular weight is 540 g/mol. The highest BCUT2D eigenvalue weighted by Crippen LogP contribution is 2.08. The Morgan fingerprint density at radius 1 is 1.00 bits per heavy atom. The van der Waals surface area contributed by atoms with Crippen molar-refractivity contribution in [2.24, 2.45) is 28.1 Å². The van der Waals surface area contributed by atoms with Gasteiger partial charge in [-0.3, -0.25) is 24.2 Å². The lowest BCUT2D eigenvalue weighted by Crippen LogP contribution is -2.58. The number of nitrogens with one attached hydrogen (secondary N) is 4. The van der Waals surface area contributed by atoms with Crippen LogP contribution in [0.2, 0.25) is 0 Å². The maximum Gasteiger partial charge on any atom is 0.326 e. The molecule has 4 unspecified atom stereocenters. The first-order valence-corrected chi connectivity index (χ1v) is 12.0. The predicted molar refractivity (Wildman–Crippen MR) is 135 cm³/mol. The molecule has 16 nitrogen and oxygen atoms in total. The van der Waals surface area contributed by atoms with Gasteiger partial charge in [0.1, 0.15) is 18.1 Å². The largest absolute Gasteiger partial charge is 0.481 e. The number of aliphatic imine (C=N–C) groups is 1. The molecule has 1 aromatic heterocycles. The molecule has 1 rings (SSSR count). The van der Waals surface area contributed by atoms with Crippen molar-refractivity contribution in [3.63, 3.8) is 0 Å². The minimum atomic E-state index is -1.31. The van der Waals surface area contributed by atoms with Gasteiger partial charge in [0.2, 0.25) is 17.7 Å². The van der Waals surface area contributed by atoms with Gasteiger partial charge in [-0.15, -0.1) is 0 Å². The third-order valence-electron chi connectivity index (χ3n) is 5.42. The summed E-state index contributed by atoms with van der Waals surface area (Å²) in [6.07, 6.45) is 2.59. The fraction of sp³-hybridized carbons (Fsp3) is 0.591. The summed E-state index contributed by atoms with van der Waals surface area (Å²) >= 11 is 0. The number of nitrogens with two attached hydrogens (primary N) is 3. The van der Waals surface area contributed by atoms with E-state index in [0.717, 1.165) is 0 Å². The van der Waals surface area contributed by atoms with E-state index in [1.807, 2.05) is 0 Å². The summed E-state index contributed by atoms with van der Waals surface area (Å²) in [6.45, 7) is 3.42. The van der Waals surface area contributed by atoms with E-state index >= 15 is 0 Å². The lowest BCUT2D eigenvalue weighted by molar-refractivity contribution is -0.142. The van der Waals surface area contributed by atoms with E-state index in [4.69, 9.17) is 22.3 Å². The van der Waals surface area contributed by atoms with Crippen molar-refractivity contribution < 1.29 is 34.2 Å². The van der Waals surface area contributed by atoms with Crippen LogP contribution >= 0.6 is 0 Å². The van der Waals surface area contributed by atoms with Crippen LogP contribution in [0.25, 0.3) is 0 Å². The number of aliphatic carboxylic acids is 2. The second kappa shape index (κ2) is 15.8. The van der Waals surface area contributed by atoms with Crippen LogP contribution in [0.1, 0.15) is 45.2 Å². The molecule has 0 saturated heterocycles. The monoisotopic (exact) mass is 539 g/mol. The highest BCUT2D eigenvalue weighted by Gasteiger charge is 2.32. The number of aromatic amines is 1. The number of H-pyrrole nitrogens is 1. The van der Waals surface area contributed by atoms with Crippen LogP contribution < -0.4 is 33.2 Å². The number of amides is 3. The van der Waals surface area contributed by atoms with Crippen LogP contribution in [-0.4, -0.2) is 86.5 Å². The number of hydrogen-bond acceptors (Lipinski definition) is 8. The van der Waals surface area contributed by atoms with Crippen molar-refractivity contribution in [1.82, 2.24) is 25.9 Å². The van der Waals surface area contributed by atoms with E-state index in [9.17, 15) is 29.1 Å². The van der Waals surface area contributed by atoms with Crippen molar-refractivity contribution >= 4 is 35.6 Å². The van der Waals surface area contributed by atoms with Gasteiger partial charge >= 0.3 is 11.9 Å². The van der Waals surface area contributed by atoms with Gasteiger partial charge in [0, 0.05) is 31.3 Å². The Morgan fingerprint density at radius 3 is 2.18 bits per heavy atom. The summed E-state index contributed by atoms with van der Waals surface area (Å²) in [4.78, 5) is 71.7. The summed E-state index contributed by atoms with van der Waals surface area (Å²) in [5.41, 5.74) is 17.0. The smallest absolute Gasteiger partial charge is 0.326 e. The quantitative estimate of drug-likeness (QED) is 0.0561. The van der Waals surface area contributed by atoms with Crippen molar-refractivity contribution in [2.45, 2.75) is 70.1 Å². The van der Waals surface area contributed by atoms with Gasteiger partial charge in [-0.25, -0.2) is 9.78 Å². The molecule has 12 N–H and O–H groups in total. The first-order valence-electron chi connectivity index (χ1n) is 12.0. The molecule has 0 aliphatic carbocycles. The van der Waals surface area contributed by atoms with Gasteiger partial charge in [-0.1, -0.05) is 13.8 Å². The molecule has 212 valence electrons. The van der Waals surface area contributed by atoms with Gasteiger partial charge in [-0.05, 0) is 25.2 Å². The van der Waals surface area contributed by atoms with Gasteiger partial charge in [-0.2, -0.15) is 0 Å². The molecule has 3 amide bonds. The van der Waals surface area contributed by atoms with Gasteiger partial charge in [0.15, 0.2) is 5.96 Å². The number of imidazole rings is 1. The van der Waals surface area contributed by atoms with E-state index in [0.29, 0.717) is 5.69 Å². The third-order valence-corrected chi connectivity index (χ3v) is 5.42. The lowest BCUT2D eigenvalue weighted by Gasteiger charge is -2.27. The number of aromatic nitrogens is 2. The maximum atomic E-state index is 13.0. The molecule has 1 aromatic rings. The van der Waals surface area contributed by atoms with Crippen molar-refractivity contribution in [3.05, 3.63) is 18.2 Å². The Morgan fingerprint density at radius 2 is 1.66 bits per heavy atom. The molecule has 16 heteroatoms. The van der Waals surface area contributed by atoms with Crippen LogP contribution in [0, 0.1) is 5.92 Å². The molecule has 0 saturated carbocycles. The second-order valence-corrected chi connectivity index (χ2v) is 8.96. The van der Waals surface area contributed by atoms with Crippen LogP contribution in [0.3, 0.4) is 0 Å². The summed E-state index contributed by atoms with van der Waals surface area (Å²) in [6, 6.07) is -4.81. The van der Waals surface area contributed by atoms with Gasteiger partial charge < -0.3 is 48.3 Å². The Hall–Kier alpha value is -4.21. The summed E-state index contributed by atoms with van der Waals surface area (Å²) < 4.78 is 0. The second-order valence-electron chi connectivity index (χ2n) is 8.96. The minimum Gasteiger partial charge on any atom is -0.481 e. The zero-order valence-corrected chi connectivity index (χ0v) is 21.3. The first-order chi connectivity index (χ1) is 17.8. The Balaban J connectivity index is 2.90. The van der Waals surface area contributed by atoms with E-state index in [-0.39, 0.29) is 38.2 Å². The number of carboxylic acid groups (broad SMARTS) is 2. The van der Waals surface area contributed by atoms with Crippen LogP contribution in [0.15, 0.2) is 17.5 Å². The minimum absolute atomic E-state index is 0.0299. The first kappa shape index (κ1) is 31.8. The molecule has 1 heterocycles. The SMILES string of the molecule is CC(C)C(NC(=O)C(CCC(=O)O)NC(=O)C(N)Cc1cnc[nH]1)C(=O)NC(CCCN=C(N)N)C(=O)O. The molecule has 0 spiro atoms. The van der Waals surface area contributed by atoms with Gasteiger partial charge in [0.25, 0.3) is 0 Å². The van der Waals surface area contributed by atoms with Crippen molar-refractivity contribution in [3.8, 4) is 0 Å². The standard InChI is InChI=1S/C22H37N9O7/c1-11(2)17(20(36)30-15(21(37)38)4-3-7-27-22(24)25)31-19(35)14(5-6-16(32)33)29-18(34)13(23)8-12-9-26-10-28-12/h9-11,13-15,17H,3-8,23H2,1-2H3,(H,26,28)(H,29,34)(H,30,36)(H,31,35)(H,32,33)(H,37,38)(H4,24,25,27). The number of rotatable bonds is 17. The summed E-state index contributed by atoms with van der Waals surface area (Å²) in [7, 11) is 0. The zero-order valence-electron chi connectivity index (χ0n) is 21.3. The molecule has 0 fully saturated rings. The Kier molecular flexibility index (Phi) is 13.2. The number of nitrogens with zero attached hydrogens (tertiary/aromatic N) is 2. The summed E-state index contributed by atoms with van der Waals surface area (Å²) in [5, 5.41) is 25.9. The number of carbonyl (C=O) groups excluding carboxylic acids is 3. The molecule has 0 aliphatic heterocycles. The number of carbonyl (C=O) groups is 5. The molecular formula is C22H37N9O7. The normalized spacial score (nSPS) is 14.0. The van der Waals surface area contributed by atoms with Crippen LogP contribution in [0.5, 0.6) is 0 Å². The third kappa shape index (κ3) is 11.7. The fourth-order valence-corrected chi connectivity index (χ4v) is 3.35. The molecule has 0 radical (unpaired) electrons. The lowest BCUT2D eigenvalue weighted by atomic mass is 10.0. The van der Waals surface area contributed by atoms with E-state index in [1.165, 1.54) is 12.5 Å². The topological polar surface area (TPSA) is 281 Å². The molecular weight excluding hydrogens is 502 g/mol. The molecule has 0 bridgehead atoms. The zero-order chi connectivity index (χ0) is 28.8. The average Bonchev–Trinajstić information content (AvgIpc) is 3.33. The van der Waals surface area contributed by atoms with Crippen molar-refractivity contribution in [1.29, 1.82) is 0 Å². The van der Waals surface area contributed by atoms with E-state index < -0.39 is 66.2 Å². The van der Waals surface area contributed by atoms with Crippen molar-refractivity contribution in [2.75, 3.05) is 6.54 Å². The number of carboxylic acids is 2. The maximum absolute atomic E-state index is 13.0. The Bertz CT molecular complexity index is 978. The molecule has 0 aliphatic rings. The number of guanidine groups is 1. The number of hydrogen-bond donors (Lipinski definition) is 9. The Labute approximate surface area is 219 Å². The van der Waals surface area contributed by atoms with Crippen LogP contribution in [-0.2, 0) is 30.4 Å². The predicted octanol–water partition coefficient (Wildman–Crippen LogP) is -2.61. The van der Waals surface area contributed by atoms with Crippen LogP contribution in [0.4, 0.5) is 0 Å². The highest BCUT2D eigenvalue weighted by atomic mass is 16.4. The van der Waals surface area contributed by atoms with Gasteiger partial charge in [0.05, 0.1) is 12.4 Å². The van der Waals surface area contributed by atoms with E-state index in [2.05, 4.69) is 30.9 Å². The molecule has 0 aromatic carbocycles.